The van der Waals surface area contributed by atoms with E-state index in [0.717, 1.165) is 11.3 Å². The van der Waals surface area contributed by atoms with Crippen LogP contribution in [0.15, 0.2) is 89.8 Å². The summed E-state index contributed by atoms with van der Waals surface area (Å²) in [6, 6.07) is 24.8. The summed E-state index contributed by atoms with van der Waals surface area (Å²) < 4.78 is 29.5. The Kier molecular flexibility index (Phi) is 4.65. The first-order valence-corrected chi connectivity index (χ1v) is 10.7. The predicted octanol–water partition coefficient (Wildman–Crippen LogP) is 3.63. The Balaban J connectivity index is 1.70. The van der Waals surface area contributed by atoms with Gasteiger partial charge in [0.15, 0.2) is 9.84 Å². The van der Waals surface area contributed by atoms with Gasteiger partial charge in [0.2, 0.25) is 6.10 Å². The maximum absolute atomic E-state index is 12.9. The fraction of sp³-hybridized carbons (Fsp3) is 0.136. The maximum Gasteiger partial charge on any atom is 0.271 e. The molecule has 0 unspecified atom stereocenters. The molecule has 0 aliphatic carbocycles. The van der Waals surface area contributed by atoms with Gasteiger partial charge in [-0.15, -0.1) is 0 Å². The molecule has 0 saturated carbocycles. The van der Waals surface area contributed by atoms with E-state index in [9.17, 15) is 13.2 Å². The van der Waals surface area contributed by atoms with Crippen molar-refractivity contribution in [2.75, 3.05) is 11.2 Å². The second-order valence-corrected chi connectivity index (χ2v) is 8.70. The van der Waals surface area contributed by atoms with E-state index in [1.807, 2.05) is 60.7 Å². The molecular formula is C22H19NO4S. The molecule has 0 N–H and O–H groups in total. The summed E-state index contributed by atoms with van der Waals surface area (Å²) in [6.45, 7) is 0. The number of sulfone groups is 1. The molecule has 1 saturated heterocycles. The molecule has 3 aromatic carbocycles. The van der Waals surface area contributed by atoms with Crippen LogP contribution in [0.1, 0.15) is 11.6 Å². The molecule has 5 nitrogen and oxygen atoms in total. The van der Waals surface area contributed by atoms with Gasteiger partial charge in [0.05, 0.1) is 4.90 Å². The van der Waals surface area contributed by atoms with Crippen molar-refractivity contribution in [2.24, 2.45) is 0 Å². The molecule has 0 radical (unpaired) electrons. The van der Waals surface area contributed by atoms with Crippen LogP contribution < -0.4 is 9.64 Å². The van der Waals surface area contributed by atoms with Crippen LogP contribution in [-0.4, -0.2) is 26.7 Å². The summed E-state index contributed by atoms with van der Waals surface area (Å²) in [6.07, 6.45) is 0.499. The minimum absolute atomic E-state index is 0.132. The summed E-state index contributed by atoms with van der Waals surface area (Å²) in [5.41, 5.74) is 1.59. The number of hydrogen-bond acceptors (Lipinski definition) is 4. The Hall–Kier alpha value is -3.12. The smallest absolute Gasteiger partial charge is 0.271 e. The number of carbonyl (C=O) groups excluding carboxylic acids is 1. The van der Waals surface area contributed by atoms with Crippen LogP contribution >= 0.6 is 0 Å². The standard InChI is InChI=1S/C22H19NO4S/c1-28(25,26)19-14-12-16(13-15-19)20-21(27-18-10-6-3-7-11-18)22(24)23(20)17-8-4-2-5-9-17/h2-15,20-21H,1H3/t20-,21+/m1/s1. The molecule has 4 rings (SSSR count). The van der Waals surface area contributed by atoms with Crippen molar-refractivity contribution in [3.8, 4) is 5.75 Å². The number of hydrogen-bond donors (Lipinski definition) is 0. The first-order valence-electron chi connectivity index (χ1n) is 8.85. The number of β-lactam (4-membered cyclic amide) rings is 1. The first kappa shape index (κ1) is 18.3. The van der Waals surface area contributed by atoms with Crippen molar-refractivity contribution < 1.29 is 17.9 Å². The Morgan fingerprint density at radius 3 is 1.96 bits per heavy atom. The van der Waals surface area contributed by atoms with Gasteiger partial charge in [-0.3, -0.25) is 9.69 Å². The number of anilines is 1. The zero-order valence-electron chi connectivity index (χ0n) is 15.2. The molecule has 1 fully saturated rings. The van der Waals surface area contributed by atoms with Crippen molar-refractivity contribution in [2.45, 2.75) is 17.0 Å². The Bertz CT molecular complexity index is 1080. The molecule has 1 aliphatic rings. The van der Waals surface area contributed by atoms with E-state index in [1.165, 1.54) is 6.26 Å². The highest BCUT2D eigenvalue weighted by atomic mass is 32.2. The van der Waals surface area contributed by atoms with Crippen molar-refractivity contribution in [3.63, 3.8) is 0 Å². The molecule has 0 spiro atoms. The van der Waals surface area contributed by atoms with Crippen molar-refractivity contribution >= 4 is 21.4 Å². The molecule has 1 heterocycles. The highest BCUT2D eigenvalue weighted by molar-refractivity contribution is 7.90. The molecule has 1 aliphatic heterocycles. The quantitative estimate of drug-likeness (QED) is 0.621. The van der Waals surface area contributed by atoms with E-state index in [0.29, 0.717) is 5.75 Å². The molecule has 0 bridgehead atoms. The minimum atomic E-state index is -3.28. The lowest BCUT2D eigenvalue weighted by Gasteiger charge is -2.46. The summed E-state index contributed by atoms with van der Waals surface area (Å²) in [5, 5.41) is 0. The van der Waals surface area contributed by atoms with Crippen LogP contribution in [0.2, 0.25) is 0 Å². The lowest BCUT2D eigenvalue weighted by molar-refractivity contribution is -0.135. The topological polar surface area (TPSA) is 63.7 Å². The lowest BCUT2D eigenvalue weighted by Crippen LogP contribution is -2.61. The molecule has 28 heavy (non-hydrogen) atoms. The van der Waals surface area contributed by atoms with Crippen LogP contribution in [0.4, 0.5) is 5.69 Å². The molecule has 0 aromatic heterocycles. The number of nitrogens with zero attached hydrogens (tertiary/aromatic N) is 1. The number of para-hydroxylation sites is 2. The lowest BCUT2D eigenvalue weighted by atomic mass is 9.89. The van der Waals surface area contributed by atoms with Crippen LogP contribution in [-0.2, 0) is 14.6 Å². The molecule has 6 heteroatoms. The molecule has 3 aromatic rings. The van der Waals surface area contributed by atoms with Gasteiger partial charge in [0.1, 0.15) is 11.8 Å². The van der Waals surface area contributed by atoms with Crippen LogP contribution in [0.5, 0.6) is 5.75 Å². The summed E-state index contributed by atoms with van der Waals surface area (Å²) in [4.78, 5) is 14.8. The molecule has 142 valence electrons. The van der Waals surface area contributed by atoms with E-state index in [4.69, 9.17) is 4.74 Å². The number of carbonyl (C=O) groups is 1. The van der Waals surface area contributed by atoms with Crippen LogP contribution in [0.3, 0.4) is 0 Å². The summed E-state index contributed by atoms with van der Waals surface area (Å²) in [7, 11) is -3.28. The molecule has 1 amide bonds. The van der Waals surface area contributed by atoms with Gasteiger partial charge in [0, 0.05) is 11.9 Å². The van der Waals surface area contributed by atoms with Gasteiger partial charge in [-0.1, -0.05) is 48.5 Å². The van der Waals surface area contributed by atoms with Crippen molar-refractivity contribution in [1.82, 2.24) is 0 Å². The van der Waals surface area contributed by atoms with Gasteiger partial charge in [-0.2, -0.15) is 0 Å². The van der Waals surface area contributed by atoms with E-state index < -0.39 is 15.9 Å². The zero-order valence-corrected chi connectivity index (χ0v) is 16.0. The first-order chi connectivity index (χ1) is 13.4. The Morgan fingerprint density at radius 2 is 1.39 bits per heavy atom. The number of rotatable bonds is 5. The Labute approximate surface area is 164 Å². The van der Waals surface area contributed by atoms with Gasteiger partial charge < -0.3 is 4.74 Å². The molecule has 2 atom stereocenters. The van der Waals surface area contributed by atoms with Crippen LogP contribution in [0, 0.1) is 0 Å². The second-order valence-electron chi connectivity index (χ2n) is 6.68. The van der Waals surface area contributed by atoms with E-state index in [2.05, 4.69) is 0 Å². The highest BCUT2D eigenvalue weighted by Crippen LogP contribution is 2.41. The SMILES string of the molecule is CS(=O)(=O)c1ccc([C@@H]2[C@H](Oc3ccccc3)C(=O)N2c2ccccc2)cc1. The van der Waals surface area contributed by atoms with Crippen LogP contribution in [0.25, 0.3) is 0 Å². The fourth-order valence-corrected chi connectivity index (χ4v) is 3.97. The van der Waals surface area contributed by atoms with Gasteiger partial charge in [0.25, 0.3) is 5.91 Å². The van der Waals surface area contributed by atoms with Gasteiger partial charge in [-0.25, -0.2) is 8.42 Å². The molecular weight excluding hydrogens is 374 g/mol. The third-order valence-corrected chi connectivity index (χ3v) is 5.86. The van der Waals surface area contributed by atoms with Crippen molar-refractivity contribution in [3.05, 3.63) is 90.5 Å². The minimum Gasteiger partial charge on any atom is -0.478 e. The third kappa shape index (κ3) is 3.39. The van der Waals surface area contributed by atoms with Gasteiger partial charge >= 0.3 is 0 Å². The summed E-state index contributed by atoms with van der Waals surface area (Å²) in [5.74, 6) is 0.485. The fourth-order valence-electron chi connectivity index (χ4n) is 3.34. The Morgan fingerprint density at radius 1 is 0.821 bits per heavy atom. The normalized spacial score (nSPS) is 19.2. The third-order valence-electron chi connectivity index (χ3n) is 4.74. The van der Waals surface area contributed by atoms with E-state index in [-0.39, 0.29) is 16.8 Å². The number of benzene rings is 3. The number of ether oxygens (including phenoxy) is 1. The van der Waals surface area contributed by atoms with E-state index in [1.54, 1.807) is 29.2 Å². The predicted molar refractivity (Wildman–Crippen MR) is 107 cm³/mol. The zero-order chi connectivity index (χ0) is 19.7. The van der Waals surface area contributed by atoms with E-state index >= 15 is 0 Å². The average Bonchev–Trinajstić information content (AvgIpc) is 2.71. The average molecular weight is 393 g/mol. The largest absolute Gasteiger partial charge is 0.478 e. The number of amides is 1. The highest BCUT2D eigenvalue weighted by Gasteiger charge is 2.51. The summed E-state index contributed by atoms with van der Waals surface area (Å²) >= 11 is 0. The van der Waals surface area contributed by atoms with Crippen molar-refractivity contribution in [1.29, 1.82) is 0 Å². The second kappa shape index (κ2) is 7.13. The maximum atomic E-state index is 12.9. The van der Waals surface area contributed by atoms with Gasteiger partial charge in [-0.05, 0) is 42.0 Å². The monoisotopic (exact) mass is 393 g/mol.